The number of likely N-dealkylation sites (tertiary alicyclic amines) is 1. The second-order valence-corrected chi connectivity index (χ2v) is 9.19. The van der Waals surface area contributed by atoms with Crippen LogP contribution in [0.25, 0.3) is 5.76 Å². The molecule has 1 saturated heterocycles. The van der Waals surface area contributed by atoms with Gasteiger partial charge in [-0.1, -0.05) is 36.4 Å². The number of pyridine rings is 1. The highest BCUT2D eigenvalue weighted by Gasteiger charge is 2.46. The van der Waals surface area contributed by atoms with Crippen LogP contribution in [0.1, 0.15) is 35.2 Å². The molecule has 0 radical (unpaired) electrons. The molecule has 7 heteroatoms. The summed E-state index contributed by atoms with van der Waals surface area (Å²) >= 11 is 0. The van der Waals surface area contributed by atoms with Gasteiger partial charge in [-0.2, -0.15) is 0 Å². The van der Waals surface area contributed by atoms with Crippen molar-refractivity contribution in [2.24, 2.45) is 0 Å². The number of aliphatic hydroxyl groups is 1. The number of ether oxygens (including phenoxy) is 2. The molecule has 1 aromatic heterocycles. The van der Waals surface area contributed by atoms with Gasteiger partial charge in [-0.3, -0.25) is 14.6 Å². The number of carbonyl (C=O) groups is 2. The van der Waals surface area contributed by atoms with Gasteiger partial charge < -0.3 is 19.5 Å². The maximum Gasteiger partial charge on any atom is 0.295 e. The van der Waals surface area contributed by atoms with E-state index in [9.17, 15) is 14.7 Å². The molecule has 4 aromatic rings. The monoisotopic (exact) mass is 520 g/mol. The highest BCUT2D eigenvalue weighted by atomic mass is 16.5. The molecule has 2 heterocycles. The molecule has 1 aliphatic rings. The topological polar surface area (TPSA) is 89.0 Å². The van der Waals surface area contributed by atoms with Crippen LogP contribution < -0.4 is 9.47 Å². The molecule has 1 N–H and O–H groups in total. The molecule has 0 bridgehead atoms. The van der Waals surface area contributed by atoms with Crippen LogP contribution in [0.15, 0.2) is 103 Å². The summed E-state index contributed by atoms with van der Waals surface area (Å²) in [5.74, 6) is 0.187. The number of para-hydroxylation sites is 1. The Morgan fingerprint density at radius 1 is 0.923 bits per heavy atom. The van der Waals surface area contributed by atoms with E-state index in [1.807, 2.05) is 56.3 Å². The Balaban J connectivity index is 1.62. The third-order valence-electron chi connectivity index (χ3n) is 6.53. The number of hydrogen-bond acceptors (Lipinski definition) is 6. The number of amides is 1. The van der Waals surface area contributed by atoms with Gasteiger partial charge in [0.1, 0.15) is 23.0 Å². The molecule has 0 unspecified atom stereocenters. The minimum Gasteiger partial charge on any atom is -0.507 e. The van der Waals surface area contributed by atoms with Crippen molar-refractivity contribution in [2.75, 3.05) is 6.61 Å². The van der Waals surface area contributed by atoms with E-state index in [0.29, 0.717) is 35.0 Å². The standard InChI is InChI=1S/C32H28N2O5/c1-3-38-25-14-15-27(21(2)17-25)30(35)28-29(34(32(37)31(28)36)20-22-9-8-16-33-19-22)23-10-7-13-26(18-23)39-24-11-5-4-6-12-24/h4-19,29,35H,3,20H2,1-2H3/t29-/m1/s1. The van der Waals surface area contributed by atoms with Crippen LogP contribution >= 0.6 is 0 Å². The Bertz CT molecular complexity index is 1530. The number of hydrogen-bond donors (Lipinski definition) is 1. The number of aliphatic hydroxyl groups excluding tert-OH is 1. The Labute approximate surface area is 227 Å². The molecule has 0 saturated carbocycles. The van der Waals surface area contributed by atoms with Crippen molar-refractivity contribution in [3.05, 3.63) is 125 Å². The summed E-state index contributed by atoms with van der Waals surface area (Å²) < 4.78 is 11.6. The maximum absolute atomic E-state index is 13.5. The number of aromatic nitrogens is 1. The number of carbonyl (C=O) groups excluding carboxylic acids is 2. The zero-order chi connectivity index (χ0) is 27.4. The lowest BCUT2D eigenvalue weighted by atomic mass is 9.93. The fourth-order valence-electron chi connectivity index (χ4n) is 4.75. The number of Topliss-reactive ketones (excluding diaryl/α,β-unsaturated/α-hetero) is 1. The fourth-order valence-corrected chi connectivity index (χ4v) is 4.75. The SMILES string of the molecule is CCOc1ccc(C(O)=C2C(=O)C(=O)N(Cc3cccnc3)[C@@H]2c2cccc(Oc3ccccc3)c2)c(C)c1. The summed E-state index contributed by atoms with van der Waals surface area (Å²) in [7, 11) is 0. The quantitative estimate of drug-likeness (QED) is 0.169. The largest absolute Gasteiger partial charge is 0.507 e. The van der Waals surface area contributed by atoms with Gasteiger partial charge in [0, 0.05) is 24.5 Å². The second kappa shape index (κ2) is 11.2. The molecule has 196 valence electrons. The molecular formula is C32H28N2O5. The van der Waals surface area contributed by atoms with E-state index < -0.39 is 17.7 Å². The van der Waals surface area contributed by atoms with E-state index in [4.69, 9.17) is 9.47 Å². The zero-order valence-electron chi connectivity index (χ0n) is 21.7. The van der Waals surface area contributed by atoms with E-state index in [-0.39, 0.29) is 17.9 Å². The summed E-state index contributed by atoms with van der Waals surface area (Å²) in [6.07, 6.45) is 3.30. The first-order valence-corrected chi connectivity index (χ1v) is 12.7. The Morgan fingerprint density at radius 3 is 2.44 bits per heavy atom. The highest BCUT2D eigenvalue weighted by Crippen LogP contribution is 2.42. The molecule has 1 aliphatic heterocycles. The smallest absolute Gasteiger partial charge is 0.295 e. The predicted molar refractivity (Wildman–Crippen MR) is 147 cm³/mol. The third-order valence-corrected chi connectivity index (χ3v) is 6.53. The van der Waals surface area contributed by atoms with Gasteiger partial charge in [-0.05, 0) is 79.1 Å². The van der Waals surface area contributed by atoms with Gasteiger partial charge in [0.05, 0.1) is 18.2 Å². The van der Waals surface area contributed by atoms with E-state index in [0.717, 1.165) is 11.1 Å². The normalized spacial score (nSPS) is 16.4. The Hall–Kier alpha value is -4.91. The molecule has 1 amide bonds. The molecule has 3 aromatic carbocycles. The molecule has 1 fully saturated rings. The molecule has 1 atom stereocenters. The molecule has 39 heavy (non-hydrogen) atoms. The van der Waals surface area contributed by atoms with Gasteiger partial charge in [0.15, 0.2) is 0 Å². The van der Waals surface area contributed by atoms with Crippen LogP contribution in [0.2, 0.25) is 0 Å². The zero-order valence-corrected chi connectivity index (χ0v) is 21.7. The number of aryl methyl sites for hydroxylation is 1. The summed E-state index contributed by atoms with van der Waals surface area (Å²) in [4.78, 5) is 32.5. The predicted octanol–water partition coefficient (Wildman–Crippen LogP) is 6.20. The summed E-state index contributed by atoms with van der Waals surface area (Å²) in [5, 5.41) is 11.5. The number of rotatable bonds is 8. The van der Waals surface area contributed by atoms with E-state index >= 15 is 0 Å². The minimum atomic E-state index is -0.838. The van der Waals surface area contributed by atoms with E-state index in [1.165, 1.54) is 4.90 Å². The van der Waals surface area contributed by atoms with Crippen LogP contribution in [-0.2, 0) is 16.1 Å². The molecule has 7 nitrogen and oxygen atoms in total. The lowest BCUT2D eigenvalue weighted by molar-refractivity contribution is -0.140. The van der Waals surface area contributed by atoms with Gasteiger partial charge in [0.25, 0.3) is 11.7 Å². The molecular weight excluding hydrogens is 492 g/mol. The van der Waals surface area contributed by atoms with Crippen LogP contribution in [-0.4, -0.2) is 33.3 Å². The van der Waals surface area contributed by atoms with Crippen molar-refractivity contribution in [2.45, 2.75) is 26.4 Å². The summed E-state index contributed by atoms with van der Waals surface area (Å²) in [6.45, 7) is 4.37. The van der Waals surface area contributed by atoms with Crippen molar-refractivity contribution in [1.29, 1.82) is 0 Å². The number of benzene rings is 3. The van der Waals surface area contributed by atoms with Crippen molar-refractivity contribution >= 4 is 17.4 Å². The summed E-state index contributed by atoms with van der Waals surface area (Å²) in [5.41, 5.74) is 2.60. The molecule has 0 aliphatic carbocycles. The van der Waals surface area contributed by atoms with Crippen LogP contribution in [0.4, 0.5) is 0 Å². The van der Waals surface area contributed by atoms with Crippen LogP contribution in [0.5, 0.6) is 17.2 Å². The number of ketones is 1. The first kappa shape index (κ1) is 25.7. The maximum atomic E-state index is 13.5. The van der Waals surface area contributed by atoms with E-state index in [2.05, 4.69) is 4.98 Å². The van der Waals surface area contributed by atoms with Gasteiger partial charge >= 0.3 is 0 Å². The highest BCUT2D eigenvalue weighted by molar-refractivity contribution is 6.46. The van der Waals surface area contributed by atoms with Gasteiger partial charge in [-0.15, -0.1) is 0 Å². The first-order chi connectivity index (χ1) is 19.0. The van der Waals surface area contributed by atoms with Crippen molar-refractivity contribution < 1.29 is 24.2 Å². The summed E-state index contributed by atoms with van der Waals surface area (Å²) in [6, 6.07) is 24.6. The fraction of sp³-hybridized carbons (Fsp3) is 0.156. The minimum absolute atomic E-state index is 0.0213. The number of nitrogens with zero attached hydrogens (tertiary/aromatic N) is 2. The average molecular weight is 521 g/mol. The van der Waals surface area contributed by atoms with Crippen molar-refractivity contribution in [1.82, 2.24) is 9.88 Å². The second-order valence-electron chi connectivity index (χ2n) is 9.19. The Morgan fingerprint density at radius 2 is 1.72 bits per heavy atom. The van der Waals surface area contributed by atoms with Crippen molar-refractivity contribution in [3.8, 4) is 17.2 Å². The average Bonchev–Trinajstić information content (AvgIpc) is 3.19. The molecule has 0 spiro atoms. The molecule has 5 rings (SSSR count). The van der Waals surface area contributed by atoms with Crippen molar-refractivity contribution in [3.63, 3.8) is 0 Å². The van der Waals surface area contributed by atoms with E-state index in [1.54, 1.807) is 54.9 Å². The Kier molecular flexibility index (Phi) is 7.41. The van der Waals surface area contributed by atoms with Gasteiger partial charge in [0.2, 0.25) is 0 Å². The first-order valence-electron chi connectivity index (χ1n) is 12.7. The third kappa shape index (κ3) is 5.38. The lowest BCUT2D eigenvalue weighted by Crippen LogP contribution is -2.29. The lowest BCUT2D eigenvalue weighted by Gasteiger charge is -2.26. The van der Waals surface area contributed by atoms with Gasteiger partial charge in [-0.25, -0.2) is 0 Å². The van der Waals surface area contributed by atoms with Crippen LogP contribution in [0, 0.1) is 6.92 Å². The van der Waals surface area contributed by atoms with Crippen LogP contribution in [0.3, 0.4) is 0 Å².